The van der Waals surface area contributed by atoms with Gasteiger partial charge in [-0.15, -0.1) is 0 Å². The highest BCUT2D eigenvalue weighted by Crippen LogP contribution is 2.59. The first-order chi connectivity index (χ1) is 14.7. The van der Waals surface area contributed by atoms with E-state index in [9.17, 15) is 14.7 Å². The van der Waals surface area contributed by atoms with Crippen molar-refractivity contribution >= 4 is 11.6 Å². The van der Waals surface area contributed by atoms with E-state index in [4.69, 9.17) is 0 Å². The lowest BCUT2D eigenvalue weighted by molar-refractivity contribution is -0.166. The van der Waals surface area contributed by atoms with E-state index in [1.807, 2.05) is 13.8 Å². The van der Waals surface area contributed by atoms with Crippen LogP contribution >= 0.6 is 0 Å². The lowest BCUT2D eigenvalue weighted by Crippen LogP contribution is -2.60. The van der Waals surface area contributed by atoms with Crippen LogP contribution in [0.15, 0.2) is 34.9 Å². The molecule has 2 fully saturated rings. The van der Waals surface area contributed by atoms with Crippen LogP contribution in [-0.2, 0) is 9.59 Å². The Bertz CT molecular complexity index is 795. The first kappa shape index (κ1) is 26.8. The number of aliphatic hydroxyl groups is 1. The maximum absolute atomic E-state index is 14.2. The zero-order valence-corrected chi connectivity index (χ0v) is 21.8. The third kappa shape index (κ3) is 6.31. The number of rotatable bonds is 9. The van der Waals surface area contributed by atoms with Gasteiger partial charge in [-0.3, -0.25) is 9.59 Å². The van der Waals surface area contributed by atoms with Crippen molar-refractivity contribution in [2.75, 3.05) is 0 Å². The van der Waals surface area contributed by atoms with Gasteiger partial charge in [-0.2, -0.15) is 0 Å². The Morgan fingerprint density at radius 1 is 0.906 bits per heavy atom. The van der Waals surface area contributed by atoms with Crippen molar-refractivity contribution < 1.29 is 14.7 Å². The summed E-state index contributed by atoms with van der Waals surface area (Å²) in [5, 5.41) is 10.3. The van der Waals surface area contributed by atoms with Crippen LogP contribution in [0, 0.1) is 22.7 Å². The van der Waals surface area contributed by atoms with Crippen LogP contribution in [0.3, 0.4) is 0 Å². The molecule has 0 unspecified atom stereocenters. The number of carbonyl (C=O) groups is 2. The van der Waals surface area contributed by atoms with Gasteiger partial charge in [0.15, 0.2) is 5.78 Å². The third-order valence-corrected chi connectivity index (χ3v) is 7.44. The maximum Gasteiger partial charge on any atom is 0.153 e. The van der Waals surface area contributed by atoms with E-state index in [0.717, 1.165) is 24.8 Å². The van der Waals surface area contributed by atoms with Gasteiger partial charge in [0.1, 0.15) is 5.78 Å². The van der Waals surface area contributed by atoms with Crippen LogP contribution in [0.1, 0.15) is 107 Å². The minimum atomic E-state index is -0.909. The molecular weight excluding hydrogens is 396 g/mol. The fourth-order valence-electron chi connectivity index (χ4n) is 5.80. The molecule has 0 aromatic rings. The van der Waals surface area contributed by atoms with Crippen LogP contribution < -0.4 is 0 Å². The Morgan fingerprint density at radius 2 is 1.47 bits per heavy atom. The zero-order chi connectivity index (χ0) is 24.3. The second-order valence-corrected chi connectivity index (χ2v) is 12.1. The van der Waals surface area contributed by atoms with E-state index < -0.39 is 16.4 Å². The Balaban J connectivity index is 2.56. The van der Waals surface area contributed by atoms with Crippen molar-refractivity contribution in [2.45, 2.75) is 112 Å². The third-order valence-electron chi connectivity index (χ3n) is 7.44. The molecule has 2 rings (SSSR count). The fourth-order valence-corrected chi connectivity index (χ4v) is 5.80. The lowest BCUT2D eigenvalue weighted by atomic mass is 9.46. The zero-order valence-electron chi connectivity index (χ0n) is 21.8. The molecule has 0 spiro atoms. The summed E-state index contributed by atoms with van der Waals surface area (Å²) in [7, 11) is 0. The average Bonchev–Trinajstić information content (AvgIpc) is 2.66. The fraction of sp³-hybridized carbons (Fsp3) is 0.724. The summed E-state index contributed by atoms with van der Waals surface area (Å²) >= 11 is 0. The van der Waals surface area contributed by atoms with Crippen LogP contribution in [0.5, 0.6) is 0 Å². The molecule has 0 aromatic heterocycles. The summed E-state index contributed by atoms with van der Waals surface area (Å²) in [5.41, 5.74) is 1.48. The minimum Gasteiger partial charge on any atom is -0.390 e. The van der Waals surface area contributed by atoms with E-state index >= 15 is 0 Å². The maximum atomic E-state index is 14.2. The highest BCUT2D eigenvalue weighted by atomic mass is 16.3. The van der Waals surface area contributed by atoms with E-state index in [0.29, 0.717) is 38.0 Å². The minimum absolute atomic E-state index is 0.138. The smallest absolute Gasteiger partial charge is 0.153 e. The molecule has 32 heavy (non-hydrogen) atoms. The second-order valence-electron chi connectivity index (χ2n) is 12.1. The topological polar surface area (TPSA) is 54.4 Å². The summed E-state index contributed by atoms with van der Waals surface area (Å²) in [4.78, 5) is 28.2. The van der Waals surface area contributed by atoms with Gasteiger partial charge in [0.25, 0.3) is 0 Å². The molecule has 3 nitrogen and oxygen atoms in total. The first-order valence-electron chi connectivity index (χ1n) is 12.4. The highest BCUT2D eigenvalue weighted by molar-refractivity contribution is 6.13. The number of Topliss-reactive ketones (excluding diaryl/α,β-unsaturated/α-hetero) is 2. The summed E-state index contributed by atoms with van der Waals surface area (Å²) < 4.78 is 0. The van der Waals surface area contributed by atoms with Crippen LogP contribution in [0.4, 0.5) is 0 Å². The molecule has 1 N–H and O–H groups in total. The average molecular weight is 443 g/mol. The Kier molecular flexibility index (Phi) is 8.53. The van der Waals surface area contributed by atoms with Gasteiger partial charge in [0, 0.05) is 11.3 Å². The summed E-state index contributed by atoms with van der Waals surface area (Å²) in [6, 6.07) is 0. The van der Waals surface area contributed by atoms with Gasteiger partial charge in [-0.1, -0.05) is 34.9 Å². The molecule has 2 saturated carbocycles. The molecule has 0 aliphatic heterocycles. The Labute approximate surface area is 196 Å². The van der Waals surface area contributed by atoms with Gasteiger partial charge in [0.05, 0.1) is 11.0 Å². The molecule has 0 saturated heterocycles. The van der Waals surface area contributed by atoms with E-state index in [1.165, 1.54) is 11.1 Å². The van der Waals surface area contributed by atoms with Gasteiger partial charge in [0.2, 0.25) is 0 Å². The molecule has 4 atom stereocenters. The molecule has 0 amide bonds. The molecule has 0 radical (unpaired) electrons. The molecule has 2 bridgehead atoms. The molecular formula is C29H46O3. The van der Waals surface area contributed by atoms with Crippen molar-refractivity contribution in [2.24, 2.45) is 22.7 Å². The first-order valence-corrected chi connectivity index (χ1v) is 12.4. The predicted octanol–water partition coefficient (Wildman–Crippen LogP) is 7.15. The van der Waals surface area contributed by atoms with Crippen molar-refractivity contribution in [1.82, 2.24) is 0 Å². The normalized spacial score (nSPS) is 30.0. The molecule has 0 heterocycles. The summed E-state index contributed by atoms with van der Waals surface area (Å²) in [5.74, 6) is 0.523. The van der Waals surface area contributed by atoms with Crippen LogP contribution in [0.2, 0.25) is 0 Å². The van der Waals surface area contributed by atoms with E-state index in [2.05, 4.69) is 45.9 Å². The largest absolute Gasteiger partial charge is 0.390 e. The summed E-state index contributed by atoms with van der Waals surface area (Å²) in [6.07, 6.45) is 12.1. The van der Waals surface area contributed by atoms with Crippen molar-refractivity contribution in [3.63, 3.8) is 0 Å². The van der Waals surface area contributed by atoms with E-state index in [1.54, 1.807) is 13.8 Å². The van der Waals surface area contributed by atoms with Crippen molar-refractivity contribution in [3.8, 4) is 0 Å². The van der Waals surface area contributed by atoms with Crippen molar-refractivity contribution in [3.05, 3.63) is 34.9 Å². The molecule has 0 aromatic carbocycles. The van der Waals surface area contributed by atoms with Gasteiger partial charge >= 0.3 is 0 Å². The number of ketones is 2. The number of allylic oxidation sites excluding steroid dienone is 6. The predicted molar refractivity (Wildman–Crippen MR) is 133 cm³/mol. The molecule has 3 heteroatoms. The highest BCUT2D eigenvalue weighted by Gasteiger charge is 2.63. The lowest BCUT2D eigenvalue weighted by Gasteiger charge is -2.54. The van der Waals surface area contributed by atoms with E-state index in [-0.39, 0.29) is 17.5 Å². The van der Waals surface area contributed by atoms with Crippen LogP contribution in [0.25, 0.3) is 0 Å². The Hall–Kier alpha value is -1.48. The van der Waals surface area contributed by atoms with Gasteiger partial charge in [-0.05, 0) is 113 Å². The molecule has 2 aliphatic carbocycles. The quantitative estimate of drug-likeness (QED) is 0.305. The Morgan fingerprint density at radius 3 is 2.00 bits per heavy atom. The SMILES string of the molecule is CC(C)=CC[C@@H]1C[C@@]2(CC=C(C)C)C[C@@H](CCC(C)(C)O)C(=O)[C@@](CC=C(C)C)(C1)C2=O. The number of carbonyl (C=O) groups excluding carboxylic acids is 2. The number of fused-ring (bicyclic) bond motifs is 2. The molecule has 2 aliphatic rings. The monoisotopic (exact) mass is 442 g/mol. The van der Waals surface area contributed by atoms with Crippen LogP contribution in [-0.4, -0.2) is 22.3 Å². The number of hydrogen-bond acceptors (Lipinski definition) is 3. The standard InChI is InChI=1S/C29H46O3/c1-20(2)9-10-23-17-28(15-11-21(3)4)19-24(13-14-27(7,8)32)25(30)29(18-23,26(28)31)16-12-22(5)6/h9,11-12,23-24,32H,10,13-19H2,1-8H3/t23-,24-,28+,29-/m1/s1. The van der Waals surface area contributed by atoms with Crippen molar-refractivity contribution in [1.29, 1.82) is 0 Å². The van der Waals surface area contributed by atoms with Gasteiger partial charge in [-0.25, -0.2) is 0 Å². The summed E-state index contributed by atoms with van der Waals surface area (Å²) in [6.45, 7) is 16.1. The number of hydrogen-bond donors (Lipinski definition) is 1. The molecule has 180 valence electrons. The second kappa shape index (κ2) is 10.2. The van der Waals surface area contributed by atoms with Gasteiger partial charge < -0.3 is 5.11 Å².